The molecule has 1 rings (SSSR count). The zero-order valence-corrected chi connectivity index (χ0v) is 9.98. The fourth-order valence-corrected chi connectivity index (χ4v) is 1.50. The van der Waals surface area contributed by atoms with Gasteiger partial charge < -0.3 is 4.74 Å². The Labute approximate surface area is 96.0 Å². The average Bonchev–Trinajstić information content (AvgIpc) is 2.24. The van der Waals surface area contributed by atoms with Crippen LogP contribution in [0.4, 0.5) is 0 Å². The second-order valence-corrected chi connectivity index (χ2v) is 5.03. The van der Waals surface area contributed by atoms with Crippen LogP contribution < -0.4 is 9.88 Å². The Morgan fingerprint density at radius 1 is 1.31 bits per heavy atom. The van der Waals surface area contributed by atoms with Crippen molar-refractivity contribution in [2.75, 3.05) is 20.2 Å². The molecule has 1 aromatic carbocycles. The molecule has 90 valence electrons. The molecule has 0 aliphatic rings. The molecule has 6 heteroatoms. The molecule has 0 radical (unpaired) electrons. The summed E-state index contributed by atoms with van der Waals surface area (Å²) in [5.74, 6) is 0.778. The van der Waals surface area contributed by atoms with E-state index in [9.17, 15) is 8.42 Å². The fourth-order valence-electron chi connectivity index (χ4n) is 1.12. The lowest BCUT2D eigenvalue weighted by Gasteiger charge is -2.13. The lowest BCUT2D eigenvalue weighted by atomic mass is 10.3. The van der Waals surface area contributed by atoms with Crippen LogP contribution in [0.2, 0.25) is 0 Å². The van der Waals surface area contributed by atoms with Crippen LogP contribution in [0.1, 0.15) is 6.42 Å². The number of benzene rings is 1. The summed E-state index contributed by atoms with van der Waals surface area (Å²) in [5, 5.41) is 4.93. The standard InChI is InChI=1S/C10H16N2O3S/c1-12(16(11,13)14)8-5-9-15-10-6-3-2-4-7-10/h2-4,6-7H,5,8-9H2,1H3,(H2,11,13,14). The molecule has 0 amide bonds. The van der Waals surface area contributed by atoms with Gasteiger partial charge >= 0.3 is 0 Å². The van der Waals surface area contributed by atoms with Crippen molar-refractivity contribution in [2.45, 2.75) is 6.42 Å². The van der Waals surface area contributed by atoms with Crippen molar-refractivity contribution in [3.05, 3.63) is 30.3 Å². The SMILES string of the molecule is CN(CCCOc1ccccc1)S(N)(=O)=O. The van der Waals surface area contributed by atoms with Gasteiger partial charge in [-0.1, -0.05) is 18.2 Å². The summed E-state index contributed by atoms with van der Waals surface area (Å²) in [6.07, 6.45) is 0.599. The molecular formula is C10H16N2O3S. The highest BCUT2D eigenvalue weighted by molar-refractivity contribution is 7.86. The first kappa shape index (κ1) is 13.0. The molecule has 0 saturated carbocycles. The maximum atomic E-state index is 10.9. The summed E-state index contributed by atoms with van der Waals surface area (Å²) in [6.45, 7) is 0.815. The van der Waals surface area contributed by atoms with Crippen molar-refractivity contribution in [3.63, 3.8) is 0 Å². The first-order valence-electron chi connectivity index (χ1n) is 4.92. The maximum absolute atomic E-state index is 10.9. The molecule has 0 unspecified atom stereocenters. The van der Waals surface area contributed by atoms with Crippen LogP contribution in [-0.2, 0) is 10.2 Å². The molecule has 0 fully saturated rings. The minimum Gasteiger partial charge on any atom is -0.494 e. The Kier molecular flexibility index (Phi) is 4.72. The first-order chi connectivity index (χ1) is 7.50. The summed E-state index contributed by atoms with van der Waals surface area (Å²) in [4.78, 5) is 0. The zero-order valence-electron chi connectivity index (χ0n) is 9.17. The van der Waals surface area contributed by atoms with E-state index in [-0.39, 0.29) is 0 Å². The number of rotatable bonds is 6. The second kappa shape index (κ2) is 5.83. The van der Waals surface area contributed by atoms with Gasteiger partial charge in [0, 0.05) is 13.6 Å². The molecule has 0 aliphatic heterocycles. The monoisotopic (exact) mass is 244 g/mol. The molecule has 0 spiro atoms. The summed E-state index contributed by atoms with van der Waals surface area (Å²) >= 11 is 0. The summed E-state index contributed by atoms with van der Waals surface area (Å²) in [6, 6.07) is 9.37. The highest BCUT2D eigenvalue weighted by Crippen LogP contribution is 2.08. The highest BCUT2D eigenvalue weighted by Gasteiger charge is 2.10. The van der Waals surface area contributed by atoms with E-state index in [0.717, 1.165) is 10.1 Å². The minimum atomic E-state index is -3.57. The Bertz CT molecular complexity index is 405. The quantitative estimate of drug-likeness (QED) is 0.744. The molecule has 0 aliphatic carbocycles. The maximum Gasteiger partial charge on any atom is 0.276 e. The van der Waals surface area contributed by atoms with E-state index in [1.165, 1.54) is 7.05 Å². The van der Waals surface area contributed by atoms with Gasteiger partial charge in [-0.15, -0.1) is 0 Å². The minimum absolute atomic E-state index is 0.353. The lowest BCUT2D eigenvalue weighted by Crippen LogP contribution is -2.34. The van der Waals surface area contributed by atoms with Crippen molar-refractivity contribution in [3.8, 4) is 5.75 Å². The molecule has 0 atom stereocenters. The van der Waals surface area contributed by atoms with Gasteiger partial charge in [-0.25, -0.2) is 5.14 Å². The molecule has 1 aromatic rings. The highest BCUT2D eigenvalue weighted by atomic mass is 32.2. The molecule has 16 heavy (non-hydrogen) atoms. The predicted molar refractivity (Wildman–Crippen MR) is 62.3 cm³/mol. The van der Waals surface area contributed by atoms with Crippen molar-refractivity contribution in [1.82, 2.24) is 4.31 Å². The van der Waals surface area contributed by atoms with Crippen molar-refractivity contribution < 1.29 is 13.2 Å². The number of para-hydroxylation sites is 1. The van der Waals surface area contributed by atoms with Crippen LogP contribution in [-0.4, -0.2) is 32.9 Å². The van der Waals surface area contributed by atoms with Crippen LogP contribution in [0.15, 0.2) is 30.3 Å². The van der Waals surface area contributed by atoms with Crippen molar-refractivity contribution in [1.29, 1.82) is 0 Å². The number of hydrogen-bond acceptors (Lipinski definition) is 3. The predicted octanol–water partition coefficient (Wildman–Crippen LogP) is 0.591. The molecule has 5 nitrogen and oxygen atoms in total. The van der Waals surface area contributed by atoms with Gasteiger partial charge in [0.25, 0.3) is 10.2 Å². The molecule has 0 aromatic heterocycles. The Balaban J connectivity index is 2.23. The third kappa shape index (κ3) is 4.61. The number of nitrogens with two attached hydrogens (primary N) is 1. The number of ether oxygens (including phenoxy) is 1. The van der Waals surface area contributed by atoms with Crippen molar-refractivity contribution >= 4 is 10.2 Å². The first-order valence-corrected chi connectivity index (χ1v) is 6.42. The topological polar surface area (TPSA) is 72.6 Å². The van der Waals surface area contributed by atoms with Gasteiger partial charge in [-0.2, -0.15) is 12.7 Å². The molecule has 2 N–H and O–H groups in total. The van der Waals surface area contributed by atoms with Gasteiger partial charge in [0.1, 0.15) is 5.75 Å². The Morgan fingerprint density at radius 2 is 1.94 bits per heavy atom. The van der Waals surface area contributed by atoms with Gasteiger partial charge in [0.2, 0.25) is 0 Å². The lowest BCUT2D eigenvalue weighted by molar-refractivity contribution is 0.296. The van der Waals surface area contributed by atoms with E-state index in [1.54, 1.807) is 0 Å². The van der Waals surface area contributed by atoms with Gasteiger partial charge in [0.15, 0.2) is 0 Å². The van der Waals surface area contributed by atoms with Gasteiger partial charge in [-0.3, -0.25) is 0 Å². The second-order valence-electron chi connectivity index (χ2n) is 3.38. The van der Waals surface area contributed by atoms with Gasteiger partial charge in [-0.05, 0) is 18.6 Å². The largest absolute Gasteiger partial charge is 0.494 e. The third-order valence-electron chi connectivity index (χ3n) is 2.06. The Hall–Kier alpha value is -1.11. The smallest absolute Gasteiger partial charge is 0.276 e. The van der Waals surface area contributed by atoms with E-state index in [4.69, 9.17) is 9.88 Å². The van der Waals surface area contributed by atoms with E-state index in [2.05, 4.69) is 0 Å². The number of hydrogen-bond donors (Lipinski definition) is 1. The van der Waals surface area contributed by atoms with E-state index < -0.39 is 10.2 Å². The fraction of sp³-hybridized carbons (Fsp3) is 0.400. The van der Waals surface area contributed by atoms with E-state index in [0.29, 0.717) is 19.6 Å². The van der Waals surface area contributed by atoms with Crippen LogP contribution in [0, 0.1) is 0 Å². The molecule has 0 bridgehead atoms. The molecule has 0 saturated heterocycles. The molecular weight excluding hydrogens is 228 g/mol. The average molecular weight is 244 g/mol. The van der Waals surface area contributed by atoms with Crippen LogP contribution >= 0.6 is 0 Å². The third-order valence-corrected chi connectivity index (χ3v) is 3.12. The Morgan fingerprint density at radius 3 is 2.50 bits per heavy atom. The van der Waals surface area contributed by atoms with Crippen LogP contribution in [0.5, 0.6) is 5.75 Å². The van der Waals surface area contributed by atoms with E-state index >= 15 is 0 Å². The van der Waals surface area contributed by atoms with Crippen LogP contribution in [0.25, 0.3) is 0 Å². The van der Waals surface area contributed by atoms with Gasteiger partial charge in [0.05, 0.1) is 6.61 Å². The normalized spacial score (nSPS) is 11.7. The zero-order chi connectivity index (χ0) is 12.0. The van der Waals surface area contributed by atoms with Crippen LogP contribution in [0.3, 0.4) is 0 Å². The van der Waals surface area contributed by atoms with Crippen molar-refractivity contribution in [2.24, 2.45) is 5.14 Å². The summed E-state index contributed by atoms with van der Waals surface area (Å²) < 4.78 is 28.2. The summed E-state index contributed by atoms with van der Waals surface area (Å²) in [5.41, 5.74) is 0. The number of nitrogens with zero attached hydrogens (tertiary/aromatic N) is 1. The summed E-state index contributed by atoms with van der Waals surface area (Å²) in [7, 11) is -2.13. The molecule has 0 heterocycles. The van der Waals surface area contributed by atoms with E-state index in [1.807, 2.05) is 30.3 Å².